The number of fused-ring (bicyclic) bond motifs is 1. The highest BCUT2D eigenvalue weighted by Gasteiger charge is 2.36. The standard InChI is InChI=1S/C31H28N4O4S/c1-19-7-6-8-23(13-19)32-28(36)17-34-16-22(25-9-4-5-10-26(25)34)15-27-30(38)35(31(39)40-27)18-29(37)33-24-12-11-20(2)21(3)14-24/h4-16H,17-18H2,1-3H3,(H,32,36)(H,33,37)/b27-15+. The van der Waals surface area contributed by atoms with Crippen LogP contribution in [0.15, 0.2) is 77.8 Å². The third-order valence-electron chi connectivity index (χ3n) is 6.69. The van der Waals surface area contributed by atoms with E-state index in [0.717, 1.165) is 49.9 Å². The molecule has 3 aromatic carbocycles. The minimum atomic E-state index is -0.528. The van der Waals surface area contributed by atoms with E-state index in [-0.39, 0.29) is 23.9 Å². The Hall–Kier alpha value is -4.63. The van der Waals surface area contributed by atoms with E-state index >= 15 is 0 Å². The lowest BCUT2D eigenvalue weighted by atomic mass is 10.1. The number of thioether (sulfide) groups is 1. The van der Waals surface area contributed by atoms with Gasteiger partial charge in [0.1, 0.15) is 13.1 Å². The molecule has 1 aromatic heterocycles. The first-order chi connectivity index (χ1) is 19.2. The number of amides is 4. The van der Waals surface area contributed by atoms with Crippen molar-refractivity contribution in [1.82, 2.24) is 9.47 Å². The molecule has 0 bridgehead atoms. The summed E-state index contributed by atoms with van der Waals surface area (Å²) in [5.74, 6) is -1.17. The molecule has 1 aliphatic rings. The zero-order valence-corrected chi connectivity index (χ0v) is 23.2. The molecule has 1 saturated heterocycles. The van der Waals surface area contributed by atoms with E-state index in [4.69, 9.17) is 0 Å². The third-order valence-corrected chi connectivity index (χ3v) is 7.60. The summed E-state index contributed by atoms with van der Waals surface area (Å²) >= 11 is 0.794. The van der Waals surface area contributed by atoms with Gasteiger partial charge in [0.25, 0.3) is 11.1 Å². The number of carbonyl (C=O) groups excluding carboxylic acids is 4. The van der Waals surface area contributed by atoms with Crippen LogP contribution >= 0.6 is 11.8 Å². The number of imide groups is 1. The second-order valence-electron chi connectivity index (χ2n) is 9.76. The van der Waals surface area contributed by atoms with Crippen LogP contribution in [-0.4, -0.2) is 39.0 Å². The van der Waals surface area contributed by atoms with Gasteiger partial charge in [0.2, 0.25) is 11.8 Å². The molecule has 0 unspecified atom stereocenters. The number of nitrogens with zero attached hydrogens (tertiary/aromatic N) is 2. The molecule has 4 amide bonds. The Morgan fingerprint density at radius 1 is 0.825 bits per heavy atom. The van der Waals surface area contributed by atoms with Gasteiger partial charge in [0.05, 0.1) is 4.91 Å². The second-order valence-corrected chi connectivity index (χ2v) is 10.8. The number of anilines is 2. The molecular formula is C31H28N4O4S. The first-order valence-corrected chi connectivity index (χ1v) is 13.6. The number of aromatic nitrogens is 1. The van der Waals surface area contributed by atoms with Crippen LogP contribution < -0.4 is 10.6 Å². The molecule has 2 heterocycles. The highest BCUT2D eigenvalue weighted by atomic mass is 32.2. The van der Waals surface area contributed by atoms with Crippen molar-refractivity contribution in [2.45, 2.75) is 27.3 Å². The summed E-state index contributed by atoms with van der Waals surface area (Å²) in [7, 11) is 0. The van der Waals surface area contributed by atoms with Crippen LogP contribution in [0.4, 0.5) is 16.2 Å². The molecule has 5 rings (SSSR count). The number of hydrogen-bond donors (Lipinski definition) is 2. The zero-order valence-electron chi connectivity index (χ0n) is 22.4. The van der Waals surface area contributed by atoms with Gasteiger partial charge in [-0.1, -0.05) is 36.4 Å². The number of hydrogen-bond acceptors (Lipinski definition) is 5. The Balaban J connectivity index is 1.32. The van der Waals surface area contributed by atoms with Crippen molar-refractivity contribution in [2.24, 2.45) is 0 Å². The van der Waals surface area contributed by atoms with E-state index in [1.54, 1.807) is 18.3 Å². The molecule has 1 aliphatic heterocycles. The molecule has 1 fully saturated rings. The molecular weight excluding hydrogens is 524 g/mol. The highest BCUT2D eigenvalue weighted by Crippen LogP contribution is 2.34. The molecule has 0 saturated carbocycles. The number of aryl methyl sites for hydroxylation is 3. The number of benzene rings is 3. The number of para-hydroxylation sites is 1. The van der Waals surface area contributed by atoms with E-state index in [1.165, 1.54) is 0 Å². The van der Waals surface area contributed by atoms with Gasteiger partial charge in [0.15, 0.2) is 0 Å². The van der Waals surface area contributed by atoms with Crippen LogP contribution in [0, 0.1) is 20.8 Å². The summed E-state index contributed by atoms with van der Waals surface area (Å²) in [5, 5.41) is 6.00. The monoisotopic (exact) mass is 552 g/mol. The molecule has 2 N–H and O–H groups in total. The SMILES string of the molecule is Cc1cccc(NC(=O)Cn2cc(/C=C3/SC(=O)N(CC(=O)Nc4ccc(C)c(C)c4)C3=O)c3ccccc32)c1. The molecule has 4 aromatic rings. The third kappa shape index (κ3) is 5.84. The first-order valence-electron chi connectivity index (χ1n) is 12.7. The van der Waals surface area contributed by atoms with Crippen molar-refractivity contribution < 1.29 is 19.2 Å². The van der Waals surface area contributed by atoms with Crippen molar-refractivity contribution in [1.29, 1.82) is 0 Å². The lowest BCUT2D eigenvalue weighted by Crippen LogP contribution is -2.36. The van der Waals surface area contributed by atoms with Gasteiger partial charge >= 0.3 is 0 Å². The summed E-state index contributed by atoms with van der Waals surface area (Å²) in [6.45, 7) is 5.57. The zero-order chi connectivity index (χ0) is 28.4. The Morgan fingerprint density at radius 2 is 1.55 bits per heavy atom. The summed E-state index contributed by atoms with van der Waals surface area (Å²) in [4.78, 5) is 52.4. The normalized spacial score (nSPS) is 14.3. The molecule has 0 atom stereocenters. The maximum atomic E-state index is 13.1. The van der Waals surface area contributed by atoms with Crippen molar-refractivity contribution in [3.8, 4) is 0 Å². The predicted molar refractivity (Wildman–Crippen MR) is 159 cm³/mol. The lowest BCUT2D eigenvalue weighted by molar-refractivity contribution is -0.127. The second kappa shape index (κ2) is 11.2. The summed E-state index contributed by atoms with van der Waals surface area (Å²) in [6.07, 6.45) is 3.43. The molecule has 0 aliphatic carbocycles. The predicted octanol–water partition coefficient (Wildman–Crippen LogP) is 5.88. The van der Waals surface area contributed by atoms with Gasteiger partial charge in [0, 0.05) is 34.0 Å². The van der Waals surface area contributed by atoms with Crippen LogP contribution in [0.5, 0.6) is 0 Å². The van der Waals surface area contributed by atoms with Crippen molar-refractivity contribution in [2.75, 3.05) is 17.2 Å². The largest absolute Gasteiger partial charge is 0.337 e. The summed E-state index contributed by atoms with van der Waals surface area (Å²) in [5.41, 5.74) is 6.01. The molecule has 40 heavy (non-hydrogen) atoms. The van der Waals surface area contributed by atoms with Crippen molar-refractivity contribution in [3.63, 3.8) is 0 Å². The Bertz CT molecular complexity index is 1700. The molecule has 202 valence electrons. The van der Waals surface area contributed by atoms with Gasteiger partial charge in [-0.25, -0.2) is 0 Å². The maximum Gasteiger partial charge on any atom is 0.294 e. The molecule has 8 nitrogen and oxygen atoms in total. The van der Waals surface area contributed by atoms with E-state index in [1.807, 2.05) is 86.0 Å². The van der Waals surface area contributed by atoms with Crippen LogP contribution in [0.3, 0.4) is 0 Å². The average Bonchev–Trinajstić information content (AvgIpc) is 3.38. The topological polar surface area (TPSA) is 101 Å². The first kappa shape index (κ1) is 27.0. The average molecular weight is 553 g/mol. The van der Waals surface area contributed by atoms with Crippen LogP contribution in [0.2, 0.25) is 0 Å². The van der Waals surface area contributed by atoms with Gasteiger partial charge in [-0.2, -0.15) is 0 Å². The smallest absolute Gasteiger partial charge is 0.294 e. The van der Waals surface area contributed by atoms with E-state index < -0.39 is 17.1 Å². The van der Waals surface area contributed by atoms with E-state index in [2.05, 4.69) is 10.6 Å². The van der Waals surface area contributed by atoms with Gasteiger partial charge in [-0.05, 0) is 85.6 Å². The van der Waals surface area contributed by atoms with Crippen LogP contribution in [0.25, 0.3) is 17.0 Å². The fourth-order valence-corrected chi connectivity index (χ4v) is 5.37. The summed E-state index contributed by atoms with van der Waals surface area (Å²) < 4.78 is 1.81. The number of carbonyl (C=O) groups is 4. The van der Waals surface area contributed by atoms with Gasteiger partial charge in [-0.15, -0.1) is 0 Å². The quantitative estimate of drug-likeness (QED) is 0.279. The van der Waals surface area contributed by atoms with Crippen molar-refractivity contribution in [3.05, 3.63) is 100 Å². The Morgan fingerprint density at radius 3 is 2.30 bits per heavy atom. The lowest BCUT2D eigenvalue weighted by Gasteiger charge is -2.13. The van der Waals surface area contributed by atoms with Crippen molar-refractivity contribution >= 4 is 63.1 Å². The van der Waals surface area contributed by atoms with E-state index in [0.29, 0.717) is 11.3 Å². The van der Waals surface area contributed by atoms with E-state index in [9.17, 15) is 19.2 Å². The minimum absolute atomic E-state index is 0.0719. The minimum Gasteiger partial charge on any atom is -0.337 e. The van der Waals surface area contributed by atoms with Crippen LogP contribution in [-0.2, 0) is 20.9 Å². The molecule has 0 radical (unpaired) electrons. The Labute approximate surface area is 236 Å². The Kier molecular flexibility index (Phi) is 7.57. The molecule has 0 spiro atoms. The number of rotatable bonds is 7. The fraction of sp³-hybridized carbons (Fsp3) is 0.161. The fourth-order valence-electron chi connectivity index (χ4n) is 4.54. The van der Waals surface area contributed by atoms with Gasteiger partial charge in [-0.3, -0.25) is 24.1 Å². The molecule has 9 heteroatoms. The van der Waals surface area contributed by atoms with Crippen LogP contribution in [0.1, 0.15) is 22.3 Å². The maximum absolute atomic E-state index is 13.1. The van der Waals surface area contributed by atoms with Gasteiger partial charge < -0.3 is 15.2 Å². The highest BCUT2D eigenvalue weighted by molar-refractivity contribution is 8.18. The number of nitrogens with one attached hydrogen (secondary N) is 2. The summed E-state index contributed by atoms with van der Waals surface area (Å²) in [6, 6.07) is 20.7.